The first kappa shape index (κ1) is 74.1. The highest BCUT2D eigenvalue weighted by Gasteiger charge is 2.34. The minimum Gasteiger partial charge on any atom is -0.481 e. The Balaban J connectivity index is 0.943. The fourth-order valence-electron chi connectivity index (χ4n) is 13.2. The molecule has 3 amide bonds. The lowest BCUT2D eigenvalue weighted by Crippen LogP contribution is -2.44. The van der Waals surface area contributed by atoms with Crippen molar-refractivity contribution in [2.75, 3.05) is 42.7 Å². The Morgan fingerprint density at radius 3 is 2.00 bits per heavy atom. The number of carbonyl (C=O) groups excluding carboxylic acids is 4. The Labute approximate surface area is 577 Å². The molecule has 0 aliphatic carbocycles. The van der Waals surface area contributed by atoms with Crippen molar-refractivity contribution in [3.8, 4) is 11.1 Å². The summed E-state index contributed by atoms with van der Waals surface area (Å²) < 4.78 is 55.5. The molecule has 0 saturated carbocycles. The monoisotopic (exact) mass is 1380 g/mol. The van der Waals surface area contributed by atoms with Crippen molar-refractivity contribution < 1.29 is 61.6 Å². The Kier molecular flexibility index (Phi) is 24.5. The van der Waals surface area contributed by atoms with Crippen molar-refractivity contribution in [1.82, 2.24) is 34.6 Å². The highest BCUT2D eigenvalue weighted by Crippen LogP contribution is 2.35. The number of hydrogen-bond acceptors (Lipinski definition) is 14. The van der Waals surface area contributed by atoms with E-state index in [9.17, 15) is 61.7 Å². The topological polar surface area (TPSA) is 283 Å². The van der Waals surface area contributed by atoms with Crippen LogP contribution < -0.4 is 42.4 Å². The number of esters is 1. The Morgan fingerprint density at radius 2 is 1.34 bits per heavy atom. The van der Waals surface area contributed by atoms with Crippen LogP contribution in [0.4, 0.5) is 24.5 Å². The molecule has 4 aromatic heterocycles. The number of benzene rings is 3. The molecule has 3 aromatic carbocycles. The normalized spacial score (nSPS) is 16.9. The summed E-state index contributed by atoms with van der Waals surface area (Å²) in [6.07, 6.45) is 1.45. The van der Waals surface area contributed by atoms with Crippen molar-refractivity contribution in [3.63, 3.8) is 0 Å². The third-order valence-electron chi connectivity index (χ3n) is 18.5. The van der Waals surface area contributed by atoms with Gasteiger partial charge in [0.15, 0.2) is 0 Å². The number of pyridine rings is 4. The van der Waals surface area contributed by atoms with Crippen molar-refractivity contribution in [3.05, 3.63) is 216 Å². The number of carboxylic acids is 2. The van der Waals surface area contributed by atoms with E-state index in [4.69, 9.17) is 14.5 Å². The molecule has 0 bridgehead atoms. The van der Waals surface area contributed by atoms with E-state index in [2.05, 4.69) is 32.7 Å². The third kappa shape index (κ3) is 19.4. The molecule has 2 aliphatic heterocycles. The van der Waals surface area contributed by atoms with Gasteiger partial charge in [0.25, 0.3) is 16.7 Å². The molecule has 6 heterocycles. The van der Waals surface area contributed by atoms with Crippen LogP contribution in [-0.2, 0) is 57.4 Å². The minimum atomic E-state index is -4.79. The molecule has 9 atom stereocenters. The number of ether oxygens (including phenoxy) is 2. The fraction of sp³-hybridized carbons (Fsp3) is 0.413. The van der Waals surface area contributed by atoms with Crippen LogP contribution in [0, 0.1) is 32.6 Å². The smallest absolute Gasteiger partial charge is 0.417 e. The number of anilines is 2. The van der Waals surface area contributed by atoms with Crippen molar-refractivity contribution in [2.45, 2.75) is 155 Å². The quantitative estimate of drug-likeness (QED) is 0.0273. The summed E-state index contributed by atoms with van der Waals surface area (Å²) in [5.74, 6) is -6.10. The van der Waals surface area contributed by atoms with Crippen molar-refractivity contribution >= 4 is 47.0 Å². The molecular weight excluding hydrogens is 1290 g/mol. The molecule has 7 aromatic rings. The standard InChI is InChI=1S/C75H86F3N9O13/c1-45-23-26-87(69(91)32-45)64(30-46(2)29-52-20-19-48(4)59(33-52)53-14-10-15-54(34-53)60(37-70(92)93)80-66(88)42-83-41-57(75(76,77)78)21-22-67(83)89)73(97)82-62(56-36-63(51(7)79-40-56)85-27-28-99-44-50(85)6)39-72(96)100-43-47(3)31-65(86-24-9-8-18-68(86)90)74(98)81-61(38-71(94)95)55-16-11-17-58(35-55)84-25-12-13-49(84)5/h8-11,14-24,26,32-36,40-41,46-47,49-50,60-62,64-65H,12-13,25,27-31,37-39,42-44H2,1-7H3,(H,80,88)(H,81,98)(H,82,97)(H,92,93)(H,94,95)/t46?,47?,49-,50-,60-,61-,62-,64+,65+/m0/s1. The summed E-state index contributed by atoms with van der Waals surface area (Å²) in [6.45, 7) is 14.6. The lowest BCUT2D eigenvalue weighted by atomic mass is 9.89. The summed E-state index contributed by atoms with van der Waals surface area (Å²) in [7, 11) is 0. The van der Waals surface area contributed by atoms with Gasteiger partial charge in [0.2, 0.25) is 17.7 Å². The summed E-state index contributed by atoms with van der Waals surface area (Å²) in [4.78, 5) is 131. The number of carboxylic acid groups (broad SMARTS) is 2. The van der Waals surface area contributed by atoms with Gasteiger partial charge in [0, 0.05) is 73.8 Å². The molecule has 2 fully saturated rings. The highest BCUT2D eigenvalue weighted by molar-refractivity contribution is 5.83. The lowest BCUT2D eigenvalue weighted by molar-refractivity contribution is -0.146. The van der Waals surface area contributed by atoms with Gasteiger partial charge in [-0.3, -0.25) is 48.1 Å². The lowest BCUT2D eigenvalue weighted by Gasteiger charge is -2.36. The van der Waals surface area contributed by atoms with Crippen LogP contribution in [0.3, 0.4) is 0 Å². The summed E-state index contributed by atoms with van der Waals surface area (Å²) in [6, 6.07) is 25.6. The van der Waals surface area contributed by atoms with Gasteiger partial charge in [-0.2, -0.15) is 13.2 Å². The number of halogens is 3. The molecule has 530 valence electrons. The van der Waals surface area contributed by atoms with Crippen LogP contribution in [0.5, 0.6) is 0 Å². The predicted molar refractivity (Wildman–Crippen MR) is 370 cm³/mol. The van der Waals surface area contributed by atoms with Gasteiger partial charge in [-0.25, -0.2) is 0 Å². The summed E-state index contributed by atoms with van der Waals surface area (Å²) in [5.41, 5.74) is 4.59. The second kappa shape index (κ2) is 33.1. The maximum atomic E-state index is 15.3. The second-order valence-electron chi connectivity index (χ2n) is 26.6. The largest absolute Gasteiger partial charge is 0.481 e. The maximum absolute atomic E-state index is 15.3. The Hall–Kier alpha value is -10.2. The number of morpholine rings is 1. The number of carbonyl (C=O) groups is 6. The molecule has 9 rings (SSSR count). The fourth-order valence-corrected chi connectivity index (χ4v) is 13.2. The molecule has 25 heteroatoms. The van der Waals surface area contributed by atoms with Crippen LogP contribution in [-0.4, -0.2) is 110 Å². The maximum Gasteiger partial charge on any atom is 0.417 e. The average molecular weight is 1380 g/mol. The van der Waals surface area contributed by atoms with Gasteiger partial charge in [0.1, 0.15) is 18.6 Å². The molecular formula is C75H86F3N9O13. The number of aliphatic carboxylic acids is 2. The first-order valence-corrected chi connectivity index (χ1v) is 33.6. The van der Waals surface area contributed by atoms with Crippen LogP contribution in [0.1, 0.15) is 147 Å². The van der Waals surface area contributed by atoms with Crippen LogP contribution >= 0.6 is 0 Å². The Bertz CT molecular complexity index is 4310. The Morgan fingerprint density at radius 1 is 0.670 bits per heavy atom. The number of hydrogen-bond donors (Lipinski definition) is 5. The zero-order valence-corrected chi connectivity index (χ0v) is 57.1. The van der Waals surface area contributed by atoms with E-state index in [0.717, 1.165) is 47.5 Å². The molecule has 5 N–H and O–H groups in total. The van der Waals surface area contributed by atoms with E-state index in [1.807, 2.05) is 70.2 Å². The predicted octanol–water partition coefficient (Wildman–Crippen LogP) is 9.92. The van der Waals surface area contributed by atoms with Crippen LogP contribution in [0.15, 0.2) is 154 Å². The van der Waals surface area contributed by atoms with E-state index in [0.29, 0.717) is 82.6 Å². The minimum absolute atomic E-state index is 0.0130. The van der Waals surface area contributed by atoms with Crippen LogP contribution in [0.25, 0.3) is 11.1 Å². The van der Waals surface area contributed by atoms with E-state index in [-0.39, 0.29) is 37.5 Å². The number of amides is 3. The van der Waals surface area contributed by atoms with Gasteiger partial charge in [-0.05, 0) is 166 Å². The molecule has 100 heavy (non-hydrogen) atoms. The number of alkyl halides is 3. The number of rotatable bonds is 29. The molecule has 0 spiro atoms. The third-order valence-corrected chi connectivity index (χ3v) is 18.5. The molecule has 2 unspecified atom stereocenters. The van der Waals surface area contributed by atoms with Crippen molar-refractivity contribution in [2.24, 2.45) is 11.8 Å². The van der Waals surface area contributed by atoms with Gasteiger partial charge in [0.05, 0.1) is 74.2 Å². The SMILES string of the molecule is Cc1ccn([C@H](CC(C)Cc2ccc(C)c(-c3cccc([C@H](CC(=O)O)NC(=O)Cn4cc(C(F)(F)F)ccc4=O)c3)c2)C(=O)N[C@@H](CC(=O)OCC(C)C[C@H](C(=O)N[C@@H](CC(=O)O)c2cccc(N3CCC[C@@H]3C)c2)n2ccccc2=O)c2cnc(C)c(N3CCOC[C@@H]3C)c2)c(=O)c1. The highest BCUT2D eigenvalue weighted by atomic mass is 19.4. The van der Waals surface area contributed by atoms with E-state index >= 15 is 4.79 Å². The average Bonchev–Trinajstić information content (AvgIpc) is 0.982. The van der Waals surface area contributed by atoms with Gasteiger partial charge < -0.3 is 59.1 Å². The summed E-state index contributed by atoms with van der Waals surface area (Å²) in [5, 5.41) is 28.7. The van der Waals surface area contributed by atoms with Gasteiger partial charge >= 0.3 is 24.1 Å². The molecule has 2 aliphatic rings. The van der Waals surface area contributed by atoms with E-state index in [1.54, 1.807) is 74.8 Å². The van der Waals surface area contributed by atoms with Gasteiger partial charge in [-0.1, -0.05) is 68.4 Å². The number of nitrogens with one attached hydrogen (secondary N) is 3. The van der Waals surface area contributed by atoms with E-state index < -0.39 is 126 Å². The molecule has 0 radical (unpaired) electrons. The van der Waals surface area contributed by atoms with Crippen LogP contribution in [0.2, 0.25) is 0 Å². The summed E-state index contributed by atoms with van der Waals surface area (Å²) >= 11 is 0. The zero-order chi connectivity index (χ0) is 72.1. The number of aryl methyl sites for hydroxylation is 3. The second-order valence-corrected chi connectivity index (χ2v) is 26.6. The van der Waals surface area contributed by atoms with E-state index in [1.165, 1.54) is 27.5 Å². The molecule has 2 saturated heterocycles. The first-order chi connectivity index (χ1) is 47.6. The first-order valence-electron chi connectivity index (χ1n) is 33.6. The number of nitrogens with zero attached hydrogens (tertiary/aromatic N) is 6. The van der Waals surface area contributed by atoms with Crippen molar-refractivity contribution in [1.29, 1.82) is 0 Å². The van der Waals surface area contributed by atoms with Gasteiger partial charge in [-0.15, -0.1) is 0 Å². The number of aromatic nitrogens is 4. The zero-order valence-electron chi connectivity index (χ0n) is 57.1. The molecule has 22 nitrogen and oxygen atoms in total.